The highest BCUT2D eigenvalue weighted by Gasteiger charge is 2.26. The quantitative estimate of drug-likeness (QED) is 0.626. The molecule has 6 nitrogen and oxygen atoms in total. The van der Waals surface area contributed by atoms with Crippen LogP contribution in [-0.4, -0.2) is 41.9 Å². The number of fused-ring (bicyclic) bond motifs is 1. The van der Waals surface area contributed by atoms with E-state index < -0.39 is 0 Å². The van der Waals surface area contributed by atoms with Gasteiger partial charge in [-0.15, -0.1) is 0 Å². The summed E-state index contributed by atoms with van der Waals surface area (Å²) >= 11 is 0. The van der Waals surface area contributed by atoms with Gasteiger partial charge in [0.2, 0.25) is 5.91 Å². The number of nitrogens with one attached hydrogen (secondary N) is 2. The van der Waals surface area contributed by atoms with Gasteiger partial charge < -0.3 is 19.9 Å². The van der Waals surface area contributed by atoms with Crippen molar-refractivity contribution in [2.24, 2.45) is 5.92 Å². The van der Waals surface area contributed by atoms with Crippen LogP contribution in [0.4, 0.5) is 0 Å². The normalized spacial score (nSPS) is 15.6. The van der Waals surface area contributed by atoms with Gasteiger partial charge in [-0.25, -0.2) is 0 Å². The number of H-pyrrole nitrogens is 1. The lowest BCUT2D eigenvalue weighted by atomic mass is 9.92. The predicted molar refractivity (Wildman–Crippen MR) is 121 cm³/mol. The van der Waals surface area contributed by atoms with Gasteiger partial charge in [-0.3, -0.25) is 9.59 Å². The maximum absolute atomic E-state index is 12.9. The van der Waals surface area contributed by atoms with Crippen LogP contribution >= 0.6 is 0 Å². The molecule has 6 heteroatoms. The molecular formula is C25H29N3O3. The van der Waals surface area contributed by atoms with Crippen molar-refractivity contribution in [3.8, 4) is 5.75 Å². The minimum atomic E-state index is -0.00370. The molecule has 0 unspecified atom stereocenters. The summed E-state index contributed by atoms with van der Waals surface area (Å²) in [6.07, 6.45) is 2.19. The van der Waals surface area contributed by atoms with E-state index in [4.69, 9.17) is 4.74 Å². The number of hydrogen-bond donors (Lipinski definition) is 2. The van der Waals surface area contributed by atoms with Crippen LogP contribution < -0.4 is 10.1 Å². The van der Waals surface area contributed by atoms with E-state index in [0.717, 1.165) is 35.1 Å². The Morgan fingerprint density at radius 3 is 2.58 bits per heavy atom. The second-order valence-electron chi connectivity index (χ2n) is 8.28. The highest BCUT2D eigenvalue weighted by Crippen LogP contribution is 2.25. The number of methoxy groups -OCH3 is 1. The van der Waals surface area contributed by atoms with Crippen LogP contribution in [0.1, 0.15) is 48.3 Å². The first kappa shape index (κ1) is 21.0. The van der Waals surface area contributed by atoms with Gasteiger partial charge in [-0.2, -0.15) is 0 Å². The lowest BCUT2D eigenvalue weighted by molar-refractivity contribution is -0.122. The summed E-state index contributed by atoms with van der Waals surface area (Å²) in [7, 11) is 1.63. The summed E-state index contributed by atoms with van der Waals surface area (Å²) in [5.41, 5.74) is 2.59. The van der Waals surface area contributed by atoms with Crippen LogP contribution in [0.25, 0.3) is 10.9 Å². The van der Waals surface area contributed by atoms with Gasteiger partial charge in [0.05, 0.1) is 13.2 Å². The van der Waals surface area contributed by atoms with E-state index in [0.29, 0.717) is 31.1 Å². The summed E-state index contributed by atoms with van der Waals surface area (Å²) < 4.78 is 5.25. The Morgan fingerprint density at radius 1 is 1.13 bits per heavy atom. The lowest BCUT2D eigenvalue weighted by Gasteiger charge is -2.31. The number of aromatic nitrogens is 1. The minimum Gasteiger partial charge on any atom is -0.497 e. The molecule has 0 bridgehead atoms. The molecule has 1 aliphatic rings. The van der Waals surface area contributed by atoms with Gasteiger partial charge in [0.25, 0.3) is 5.91 Å². The molecule has 2 aromatic carbocycles. The van der Waals surface area contributed by atoms with E-state index in [1.807, 2.05) is 66.4 Å². The highest BCUT2D eigenvalue weighted by molar-refractivity contribution is 5.98. The van der Waals surface area contributed by atoms with Crippen LogP contribution in [0.3, 0.4) is 0 Å². The largest absolute Gasteiger partial charge is 0.497 e. The number of benzene rings is 2. The molecular weight excluding hydrogens is 390 g/mol. The number of likely N-dealkylation sites (tertiary alicyclic amines) is 1. The average Bonchev–Trinajstić information content (AvgIpc) is 3.23. The molecule has 2 N–H and O–H groups in total. The molecule has 2 amide bonds. The molecule has 1 aromatic heterocycles. The number of nitrogens with zero attached hydrogens (tertiary/aromatic N) is 1. The van der Waals surface area contributed by atoms with E-state index in [1.165, 1.54) is 0 Å². The zero-order valence-electron chi connectivity index (χ0n) is 18.1. The fourth-order valence-electron chi connectivity index (χ4n) is 4.25. The first-order chi connectivity index (χ1) is 15.0. The second kappa shape index (κ2) is 9.25. The van der Waals surface area contributed by atoms with Crippen molar-refractivity contribution in [2.75, 3.05) is 20.2 Å². The maximum Gasteiger partial charge on any atom is 0.270 e. The van der Waals surface area contributed by atoms with E-state index >= 15 is 0 Å². The first-order valence-corrected chi connectivity index (χ1v) is 10.8. The van der Waals surface area contributed by atoms with Crippen LogP contribution in [0.2, 0.25) is 0 Å². The molecule has 0 aliphatic carbocycles. The fourth-order valence-corrected chi connectivity index (χ4v) is 4.25. The molecule has 162 valence electrons. The Labute approximate surface area is 182 Å². The minimum absolute atomic E-state index is 0.00370. The third-order valence-corrected chi connectivity index (χ3v) is 6.11. The Morgan fingerprint density at radius 2 is 1.87 bits per heavy atom. The van der Waals surface area contributed by atoms with Crippen molar-refractivity contribution in [2.45, 2.75) is 32.2 Å². The number of rotatable bonds is 6. The molecule has 1 atom stereocenters. The van der Waals surface area contributed by atoms with Gasteiger partial charge >= 0.3 is 0 Å². The zero-order valence-corrected chi connectivity index (χ0v) is 18.1. The summed E-state index contributed by atoms with van der Waals surface area (Å²) in [5.74, 6) is 1.15. The van der Waals surface area contributed by atoms with Gasteiger partial charge in [0.1, 0.15) is 11.4 Å². The van der Waals surface area contributed by atoms with E-state index in [9.17, 15) is 9.59 Å². The van der Waals surface area contributed by atoms with Crippen LogP contribution in [0, 0.1) is 5.92 Å². The number of carbonyl (C=O) groups is 2. The van der Waals surface area contributed by atoms with Gasteiger partial charge in [-0.1, -0.05) is 30.3 Å². The average molecular weight is 420 g/mol. The molecule has 2 heterocycles. The summed E-state index contributed by atoms with van der Waals surface area (Å²) in [6, 6.07) is 17.6. The Hall–Kier alpha value is -3.28. The van der Waals surface area contributed by atoms with E-state index in [2.05, 4.69) is 10.3 Å². The number of piperidine rings is 1. The molecule has 31 heavy (non-hydrogen) atoms. The second-order valence-corrected chi connectivity index (χ2v) is 8.28. The summed E-state index contributed by atoms with van der Waals surface area (Å²) in [4.78, 5) is 30.5. The molecule has 0 radical (unpaired) electrons. The Kier molecular flexibility index (Phi) is 6.26. The maximum atomic E-state index is 12.9. The monoisotopic (exact) mass is 419 g/mol. The number of ether oxygens (including phenoxy) is 1. The number of amides is 2. The van der Waals surface area contributed by atoms with E-state index in [-0.39, 0.29) is 17.9 Å². The predicted octanol–water partition coefficient (Wildman–Crippen LogP) is 4.30. The molecule has 0 saturated carbocycles. The number of hydrogen-bond acceptors (Lipinski definition) is 3. The standard InChI is InChI=1S/C25H29N3O3/c1-17(19-6-4-3-5-7-19)26-24(29)14-18-10-12-28(13-11-18)25(30)23-15-20-8-9-21(31-2)16-22(20)27-23/h3-9,15-18,27H,10-14H2,1-2H3,(H,26,29)/t17-/m1/s1. The third-order valence-electron chi connectivity index (χ3n) is 6.11. The topological polar surface area (TPSA) is 74.4 Å². The van der Waals surface area contributed by atoms with Crippen LogP contribution in [0.15, 0.2) is 54.6 Å². The van der Waals surface area contributed by atoms with Crippen LogP contribution in [0.5, 0.6) is 5.75 Å². The Balaban J connectivity index is 1.29. The first-order valence-electron chi connectivity index (χ1n) is 10.8. The van der Waals surface area contributed by atoms with Gasteiger partial charge in [0, 0.05) is 36.5 Å². The molecule has 4 rings (SSSR count). The molecule has 3 aromatic rings. The van der Waals surface area contributed by atoms with Crippen molar-refractivity contribution in [1.82, 2.24) is 15.2 Å². The third kappa shape index (κ3) is 4.90. The molecule has 1 fully saturated rings. The van der Waals surface area contributed by atoms with Crippen LogP contribution in [-0.2, 0) is 4.79 Å². The van der Waals surface area contributed by atoms with Crippen molar-refractivity contribution in [3.63, 3.8) is 0 Å². The van der Waals surface area contributed by atoms with Crippen molar-refractivity contribution >= 4 is 22.7 Å². The van der Waals surface area contributed by atoms with Crippen molar-refractivity contribution in [3.05, 3.63) is 65.9 Å². The SMILES string of the molecule is COc1ccc2cc(C(=O)N3CCC(CC(=O)N[C@H](C)c4ccccc4)CC3)[nH]c2c1. The smallest absolute Gasteiger partial charge is 0.270 e. The zero-order chi connectivity index (χ0) is 21.8. The lowest BCUT2D eigenvalue weighted by Crippen LogP contribution is -2.40. The summed E-state index contributed by atoms with van der Waals surface area (Å²) in [5, 5.41) is 4.08. The summed E-state index contributed by atoms with van der Waals surface area (Å²) in [6.45, 7) is 3.35. The van der Waals surface area contributed by atoms with Gasteiger partial charge in [-0.05, 0) is 49.4 Å². The van der Waals surface area contributed by atoms with Crippen molar-refractivity contribution in [1.29, 1.82) is 0 Å². The van der Waals surface area contributed by atoms with E-state index in [1.54, 1.807) is 7.11 Å². The van der Waals surface area contributed by atoms with Crippen molar-refractivity contribution < 1.29 is 14.3 Å². The highest BCUT2D eigenvalue weighted by atomic mass is 16.5. The number of aromatic amines is 1. The molecule has 1 aliphatic heterocycles. The number of carbonyl (C=O) groups excluding carboxylic acids is 2. The molecule has 1 saturated heterocycles. The molecule has 0 spiro atoms. The fraction of sp³-hybridized carbons (Fsp3) is 0.360. The Bertz CT molecular complexity index is 1050. The van der Waals surface area contributed by atoms with Gasteiger partial charge in [0.15, 0.2) is 0 Å².